The minimum absolute atomic E-state index is 0.0737. The Kier molecular flexibility index (Phi) is 5.12. The molecule has 0 unspecified atom stereocenters. The normalized spacial score (nSPS) is 10.6. The summed E-state index contributed by atoms with van der Waals surface area (Å²) >= 11 is 7.13. The van der Waals surface area contributed by atoms with Crippen LogP contribution in [0.4, 0.5) is 10.1 Å². The number of thioether (sulfide) groups is 1. The number of hydrogen-bond acceptors (Lipinski definition) is 4. The molecule has 0 aliphatic heterocycles. The molecule has 0 spiro atoms. The van der Waals surface area contributed by atoms with Gasteiger partial charge < -0.3 is 5.32 Å². The highest BCUT2D eigenvalue weighted by molar-refractivity contribution is 8.00. The number of nitrogens with zero attached hydrogens (tertiary/aromatic N) is 3. The predicted octanol–water partition coefficient (Wildman–Crippen LogP) is 3.79. The summed E-state index contributed by atoms with van der Waals surface area (Å²) in [4.78, 5) is 16.5. The summed E-state index contributed by atoms with van der Waals surface area (Å²) in [5.74, 6) is -0.544. The van der Waals surface area contributed by atoms with Crippen molar-refractivity contribution in [1.82, 2.24) is 14.8 Å². The lowest BCUT2D eigenvalue weighted by molar-refractivity contribution is -0.113. The summed E-state index contributed by atoms with van der Waals surface area (Å²) in [6.07, 6.45) is 2.92. The van der Waals surface area contributed by atoms with E-state index in [9.17, 15) is 9.18 Å². The van der Waals surface area contributed by atoms with Gasteiger partial charge in [0.05, 0.1) is 17.1 Å². The van der Waals surface area contributed by atoms with Crippen molar-refractivity contribution in [2.24, 2.45) is 0 Å². The molecule has 0 radical (unpaired) electrons. The minimum atomic E-state index is -0.346. The highest BCUT2D eigenvalue weighted by Crippen LogP contribution is 2.25. The summed E-state index contributed by atoms with van der Waals surface area (Å²) in [7, 11) is 0. The Bertz CT molecular complexity index is 857. The van der Waals surface area contributed by atoms with E-state index in [2.05, 4.69) is 15.4 Å². The van der Waals surface area contributed by atoms with Gasteiger partial charge in [-0.2, -0.15) is 5.10 Å². The van der Waals surface area contributed by atoms with Crippen LogP contribution in [0.3, 0.4) is 0 Å². The van der Waals surface area contributed by atoms with Crippen molar-refractivity contribution >= 4 is 35.0 Å². The maximum Gasteiger partial charge on any atom is 0.234 e. The molecule has 1 heterocycles. The van der Waals surface area contributed by atoms with Crippen molar-refractivity contribution in [1.29, 1.82) is 0 Å². The number of nitrogens with one attached hydrogen (secondary N) is 1. The van der Waals surface area contributed by atoms with Crippen LogP contribution in [-0.4, -0.2) is 26.4 Å². The molecule has 0 aliphatic carbocycles. The second kappa shape index (κ2) is 7.46. The molecule has 3 aromatic rings. The van der Waals surface area contributed by atoms with Gasteiger partial charge in [-0.15, -0.1) is 11.8 Å². The number of rotatable bonds is 5. The van der Waals surface area contributed by atoms with Crippen LogP contribution in [-0.2, 0) is 4.79 Å². The second-order valence-corrected chi connectivity index (χ2v) is 6.22. The summed E-state index contributed by atoms with van der Waals surface area (Å²) in [5.41, 5.74) is 1.15. The van der Waals surface area contributed by atoms with Gasteiger partial charge in [-0.1, -0.05) is 23.7 Å². The quantitative estimate of drug-likeness (QED) is 0.701. The van der Waals surface area contributed by atoms with Crippen LogP contribution in [0.15, 0.2) is 60.0 Å². The van der Waals surface area contributed by atoms with Gasteiger partial charge in [0.25, 0.3) is 0 Å². The lowest BCUT2D eigenvalue weighted by atomic mass is 10.2. The number of carbonyl (C=O) groups excluding carboxylic acids is 1. The van der Waals surface area contributed by atoms with E-state index in [0.29, 0.717) is 21.3 Å². The van der Waals surface area contributed by atoms with Gasteiger partial charge in [0.1, 0.15) is 18.5 Å². The Hall–Kier alpha value is -2.38. The molecular formula is C16H12ClFN4OS. The predicted molar refractivity (Wildman–Crippen MR) is 92.1 cm³/mol. The maximum absolute atomic E-state index is 13.6. The van der Waals surface area contributed by atoms with E-state index in [1.54, 1.807) is 36.4 Å². The lowest BCUT2D eigenvalue weighted by Gasteiger charge is -2.11. The van der Waals surface area contributed by atoms with E-state index in [1.807, 2.05) is 0 Å². The van der Waals surface area contributed by atoms with Crippen LogP contribution in [0, 0.1) is 5.82 Å². The van der Waals surface area contributed by atoms with Gasteiger partial charge in [-0.25, -0.2) is 14.1 Å². The zero-order valence-corrected chi connectivity index (χ0v) is 13.9. The summed E-state index contributed by atoms with van der Waals surface area (Å²) in [5, 5.41) is 7.30. The first-order valence-electron chi connectivity index (χ1n) is 6.95. The summed E-state index contributed by atoms with van der Waals surface area (Å²) in [6.45, 7) is 0. The van der Waals surface area contributed by atoms with E-state index in [0.717, 1.165) is 11.8 Å². The highest BCUT2D eigenvalue weighted by atomic mass is 35.5. The number of hydrogen-bond donors (Lipinski definition) is 1. The third-order valence-electron chi connectivity index (χ3n) is 3.09. The molecule has 8 heteroatoms. The molecule has 0 saturated heterocycles. The van der Waals surface area contributed by atoms with Gasteiger partial charge in [-0.3, -0.25) is 4.79 Å². The molecule has 0 fully saturated rings. The molecule has 1 amide bonds. The Morgan fingerprint density at radius 2 is 2.12 bits per heavy atom. The van der Waals surface area contributed by atoms with Crippen molar-refractivity contribution in [2.45, 2.75) is 4.90 Å². The molecule has 3 rings (SSSR count). The largest absolute Gasteiger partial charge is 0.323 e. The fourth-order valence-electron chi connectivity index (χ4n) is 2.03. The van der Waals surface area contributed by atoms with Gasteiger partial charge in [-0.05, 0) is 30.3 Å². The molecule has 122 valence electrons. The molecule has 0 saturated carbocycles. The lowest BCUT2D eigenvalue weighted by Crippen LogP contribution is -2.16. The molecular weight excluding hydrogens is 351 g/mol. The molecule has 1 N–H and O–H groups in total. The van der Waals surface area contributed by atoms with E-state index >= 15 is 0 Å². The van der Waals surface area contributed by atoms with E-state index < -0.39 is 0 Å². The Morgan fingerprint density at radius 1 is 1.29 bits per heavy atom. The van der Waals surface area contributed by atoms with Gasteiger partial charge >= 0.3 is 0 Å². The molecule has 24 heavy (non-hydrogen) atoms. The van der Waals surface area contributed by atoms with Crippen molar-refractivity contribution in [3.05, 3.63) is 66.0 Å². The summed E-state index contributed by atoms with van der Waals surface area (Å²) in [6, 6.07) is 11.4. The monoisotopic (exact) mass is 362 g/mol. The van der Waals surface area contributed by atoms with Crippen molar-refractivity contribution in [2.75, 3.05) is 11.1 Å². The fraction of sp³-hybridized carbons (Fsp3) is 0.0625. The number of carbonyl (C=O) groups is 1. The highest BCUT2D eigenvalue weighted by Gasteiger charge is 2.11. The van der Waals surface area contributed by atoms with Crippen LogP contribution in [0.1, 0.15) is 0 Å². The third-order valence-corrected chi connectivity index (χ3v) is 4.38. The van der Waals surface area contributed by atoms with Crippen LogP contribution in [0.2, 0.25) is 5.02 Å². The standard InChI is InChI=1S/C16H12ClFN4OS/c17-11-5-6-14(22-10-19-9-20-22)13(7-11)21-16(23)8-24-15-4-2-1-3-12(15)18/h1-7,9-10H,8H2,(H,21,23). The number of halogens is 2. The van der Waals surface area contributed by atoms with E-state index in [1.165, 1.54) is 23.4 Å². The Morgan fingerprint density at radius 3 is 2.88 bits per heavy atom. The van der Waals surface area contributed by atoms with Crippen molar-refractivity contribution in [3.8, 4) is 5.69 Å². The summed E-state index contributed by atoms with van der Waals surface area (Å²) < 4.78 is 15.1. The van der Waals surface area contributed by atoms with E-state index in [-0.39, 0.29) is 17.5 Å². The molecule has 0 bridgehead atoms. The average Bonchev–Trinajstić information content (AvgIpc) is 3.08. The first kappa shape index (κ1) is 16.5. The second-order valence-electron chi connectivity index (χ2n) is 4.77. The third kappa shape index (κ3) is 3.93. The van der Waals surface area contributed by atoms with Gasteiger partial charge in [0.15, 0.2) is 0 Å². The van der Waals surface area contributed by atoms with Gasteiger partial charge in [0, 0.05) is 9.92 Å². The fourth-order valence-corrected chi connectivity index (χ4v) is 2.94. The van der Waals surface area contributed by atoms with Crippen LogP contribution >= 0.6 is 23.4 Å². The zero-order valence-electron chi connectivity index (χ0n) is 12.3. The van der Waals surface area contributed by atoms with Crippen LogP contribution in [0.5, 0.6) is 0 Å². The van der Waals surface area contributed by atoms with Crippen molar-refractivity contribution in [3.63, 3.8) is 0 Å². The number of anilines is 1. The molecule has 1 aromatic heterocycles. The first-order valence-corrected chi connectivity index (χ1v) is 8.31. The maximum atomic E-state index is 13.6. The van der Waals surface area contributed by atoms with Gasteiger partial charge in [0.2, 0.25) is 5.91 Å². The zero-order chi connectivity index (χ0) is 16.9. The SMILES string of the molecule is O=C(CSc1ccccc1F)Nc1cc(Cl)ccc1-n1cncn1. The van der Waals surface area contributed by atoms with E-state index in [4.69, 9.17) is 11.6 Å². The number of amides is 1. The number of aromatic nitrogens is 3. The molecule has 5 nitrogen and oxygen atoms in total. The molecule has 0 atom stereocenters. The Labute approximate surface area is 146 Å². The first-order chi connectivity index (χ1) is 11.6. The minimum Gasteiger partial charge on any atom is -0.323 e. The topological polar surface area (TPSA) is 59.8 Å². The Balaban J connectivity index is 1.72. The smallest absolute Gasteiger partial charge is 0.234 e. The molecule has 0 aliphatic rings. The van der Waals surface area contributed by atoms with Crippen molar-refractivity contribution < 1.29 is 9.18 Å². The molecule has 2 aromatic carbocycles. The van der Waals surface area contributed by atoms with Crippen LogP contribution < -0.4 is 5.32 Å². The number of benzene rings is 2. The van der Waals surface area contributed by atoms with Crippen LogP contribution in [0.25, 0.3) is 5.69 Å². The average molecular weight is 363 g/mol.